The first-order valence-corrected chi connectivity index (χ1v) is 4.86. The van der Waals surface area contributed by atoms with Gasteiger partial charge in [0, 0.05) is 13.1 Å². The van der Waals surface area contributed by atoms with Gasteiger partial charge in [0.2, 0.25) is 0 Å². The molecule has 4 nitrogen and oxygen atoms in total. The van der Waals surface area contributed by atoms with E-state index in [4.69, 9.17) is 15.3 Å². The van der Waals surface area contributed by atoms with Gasteiger partial charge in [-0.05, 0) is 28.1 Å². The third-order valence-corrected chi connectivity index (χ3v) is 2.10. The summed E-state index contributed by atoms with van der Waals surface area (Å²) < 4.78 is 6.01. The smallest absolute Gasteiger partial charge is 0.169 e. The number of nitrogens with one attached hydrogen (secondary N) is 1. The molecule has 1 rings (SSSR count). The van der Waals surface area contributed by atoms with Crippen molar-refractivity contribution in [2.75, 3.05) is 19.7 Å². The number of aliphatic hydroxyl groups is 1. The van der Waals surface area contributed by atoms with Gasteiger partial charge in [-0.15, -0.1) is 0 Å². The van der Waals surface area contributed by atoms with Crippen molar-refractivity contribution in [1.29, 1.82) is 0 Å². The average molecular weight is 249 g/mol. The van der Waals surface area contributed by atoms with Crippen molar-refractivity contribution in [3.8, 4) is 0 Å². The summed E-state index contributed by atoms with van der Waals surface area (Å²) in [7, 11) is 0. The molecule has 0 radical (unpaired) electrons. The van der Waals surface area contributed by atoms with Crippen LogP contribution in [0.25, 0.3) is 0 Å². The highest BCUT2D eigenvalue weighted by Crippen LogP contribution is 2.19. The summed E-state index contributed by atoms with van der Waals surface area (Å²) in [6.45, 7) is 1.05. The quantitative estimate of drug-likeness (QED) is 0.715. The Kier molecular flexibility index (Phi) is 4.44. The van der Waals surface area contributed by atoms with Gasteiger partial charge >= 0.3 is 0 Å². The van der Waals surface area contributed by atoms with E-state index in [2.05, 4.69) is 21.2 Å². The van der Waals surface area contributed by atoms with Gasteiger partial charge < -0.3 is 20.6 Å². The lowest BCUT2D eigenvalue weighted by Crippen LogP contribution is -2.29. The topological polar surface area (TPSA) is 71.4 Å². The van der Waals surface area contributed by atoms with Crippen molar-refractivity contribution in [3.05, 3.63) is 22.6 Å². The van der Waals surface area contributed by atoms with Gasteiger partial charge in [0.15, 0.2) is 4.67 Å². The molecule has 0 aliphatic carbocycles. The van der Waals surface area contributed by atoms with E-state index in [1.54, 1.807) is 0 Å². The Balaban J connectivity index is 2.56. The van der Waals surface area contributed by atoms with Crippen LogP contribution in [-0.2, 0) is 0 Å². The Bertz CT molecular complexity index is 252. The van der Waals surface area contributed by atoms with E-state index >= 15 is 0 Å². The van der Waals surface area contributed by atoms with Crippen LogP contribution in [0.3, 0.4) is 0 Å². The minimum atomic E-state index is -0.0292. The van der Waals surface area contributed by atoms with Gasteiger partial charge in [0.1, 0.15) is 5.76 Å². The van der Waals surface area contributed by atoms with Crippen molar-refractivity contribution in [2.45, 2.75) is 6.04 Å². The molecule has 0 saturated heterocycles. The van der Waals surface area contributed by atoms with Crippen LogP contribution < -0.4 is 11.1 Å². The SMILES string of the molecule is NC[C@@H](NCCO)c1ccc(Br)o1. The number of aliphatic hydroxyl groups excluding tert-OH is 1. The summed E-state index contributed by atoms with van der Waals surface area (Å²) in [5, 5.41) is 11.7. The van der Waals surface area contributed by atoms with Crippen molar-refractivity contribution in [1.82, 2.24) is 5.32 Å². The Hall–Kier alpha value is -0.360. The highest BCUT2D eigenvalue weighted by Gasteiger charge is 2.11. The van der Waals surface area contributed by atoms with Crippen LogP contribution in [0.1, 0.15) is 11.8 Å². The van der Waals surface area contributed by atoms with E-state index < -0.39 is 0 Å². The highest BCUT2D eigenvalue weighted by atomic mass is 79.9. The molecule has 0 aliphatic rings. The fourth-order valence-electron chi connectivity index (χ4n) is 1.05. The van der Waals surface area contributed by atoms with E-state index in [9.17, 15) is 0 Å². The molecule has 13 heavy (non-hydrogen) atoms. The molecule has 74 valence electrons. The molecule has 0 aromatic carbocycles. The van der Waals surface area contributed by atoms with Crippen molar-refractivity contribution < 1.29 is 9.52 Å². The van der Waals surface area contributed by atoms with Crippen LogP contribution in [0.15, 0.2) is 21.2 Å². The maximum absolute atomic E-state index is 8.62. The normalized spacial score (nSPS) is 13.2. The summed E-state index contributed by atoms with van der Waals surface area (Å²) in [5.74, 6) is 0.780. The van der Waals surface area contributed by atoms with Crippen molar-refractivity contribution >= 4 is 15.9 Å². The minimum absolute atomic E-state index is 0.0292. The molecule has 1 heterocycles. The fourth-order valence-corrected chi connectivity index (χ4v) is 1.37. The molecule has 1 atom stereocenters. The van der Waals surface area contributed by atoms with E-state index in [-0.39, 0.29) is 12.6 Å². The third kappa shape index (κ3) is 3.11. The molecule has 0 aliphatic heterocycles. The standard InChI is InChI=1S/C8H13BrN2O2/c9-8-2-1-7(13-8)6(5-10)11-3-4-12/h1-2,6,11-12H,3-5,10H2/t6-/m1/s1. The molecule has 1 aromatic heterocycles. The zero-order chi connectivity index (χ0) is 9.68. The van der Waals surface area contributed by atoms with E-state index in [1.165, 1.54) is 0 Å². The molecule has 5 heteroatoms. The lowest BCUT2D eigenvalue weighted by atomic mass is 10.2. The van der Waals surface area contributed by atoms with Gasteiger partial charge in [-0.2, -0.15) is 0 Å². The predicted octanol–water partition coefficient (Wildman–Crippen LogP) is 0.624. The Morgan fingerprint density at radius 2 is 2.38 bits per heavy atom. The molecule has 0 bridgehead atoms. The van der Waals surface area contributed by atoms with Crippen molar-refractivity contribution in [3.63, 3.8) is 0 Å². The van der Waals surface area contributed by atoms with Gasteiger partial charge in [0.25, 0.3) is 0 Å². The molecular weight excluding hydrogens is 236 g/mol. The summed E-state index contributed by atoms with van der Waals surface area (Å²) in [4.78, 5) is 0. The van der Waals surface area contributed by atoms with Crippen LogP contribution in [0.5, 0.6) is 0 Å². The largest absolute Gasteiger partial charge is 0.453 e. The van der Waals surface area contributed by atoms with Crippen LogP contribution in [0.2, 0.25) is 0 Å². The fraction of sp³-hybridized carbons (Fsp3) is 0.500. The summed E-state index contributed by atoms with van der Waals surface area (Å²) >= 11 is 3.21. The van der Waals surface area contributed by atoms with Crippen LogP contribution in [-0.4, -0.2) is 24.8 Å². The summed E-state index contributed by atoms with van der Waals surface area (Å²) in [6.07, 6.45) is 0. The lowest BCUT2D eigenvalue weighted by molar-refractivity contribution is 0.279. The molecule has 0 fully saturated rings. The molecule has 4 N–H and O–H groups in total. The number of hydrogen-bond donors (Lipinski definition) is 3. The first-order chi connectivity index (χ1) is 6.27. The average Bonchev–Trinajstić information content (AvgIpc) is 2.54. The summed E-state index contributed by atoms with van der Waals surface area (Å²) in [6, 6.07) is 3.64. The van der Waals surface area contributed by atoms with Crippen LogP contribution in [0.4, 0.5) is 0 Å². The van der Waals surface area contributed by atoms with Gasteiger partial charge in [-0.3, -0.25) is 0 Å². The second-order valence-electron chi connectivity index (χ2n) is 2.61. The van der Waals surface area contributed by atoms with Gasteiger partial charge in [-0.25, -0.2) is 0 Å². The number of nitrogens with two attached hydrogens (primary N) is 1. The molecule has 0 unspecified atom stereocenters. The Labute approximate surface area is 85.2 Å². The molecule has 1 aromatic rings. The van der Waals surface area contributed by atoms with Crippen LogP contribution in [0, 0.1) is 0 Å². The molecule has 0 saturated carbocycles. The first-order valence-electron chi connectivity index (χ1n) is 4.07. The van der Waals surface area contributed by atoms with Crippen molar-refractivity contribution in [2.24, 2.45) is 5.73 Å². The third-order valence-electron chi connectivity index (χ3n) is 1.68. The Morgan fingerprint density at radius 1 is 1.62 bits per heavy atom. The monoisotopic (exact) mass is 248 g/mol. The molecule has 0 spiro atoms. The van der Waals surface area contributed by atoms with Gasteiger partial charge in [-0.1, -0.05) is 0 Å². The molecule has 0 amide bonds. The van der Waals surface area contributed by atoms with Gasteiger partial charge in [0.05, 0.1) is 12.6 Å². The zero-order valence-corrected chi connectivity index (χ0v) is 8.75. The Morgan fingerprint density at radius 3 is 2.85 bits per heavy atom. The number of furan rings is 1. The van der Waals surface area contributed by atoms with E-state index in [0.29, 0.717) is 17.8 Å². The zero-order valence-electron chi connectivity index (χ0n) is 7.16. The van der Waals surface area contributed by atoms with E-state index in [1.807, 2.05) is 12.1 Å². The summed E-state index contributed by atoms with van der Waals surface area (Å²) in [5.41, 5.74) is 5.54. The second-order valence-corrected chi connectivity index (χ2v) is 3.39. The maximum Gasteiger partial charge on any atom is 0.169 e. The minimum Gasteiger partial charge on any atom is -0.453 e. The number of rotatable bonds is 5. The number of halogens is 1. The molecular formula is C8H13BrN2O2. The predicted molar refractivity (Wildman–Crippen MR) is 53.3 cm³/mol. The number of hydrogen-bond acceptors (Lipinski definition) is 4. The first kappa shape index (κ1) is 10.7. The van der Waals surface area contributed by atoms with Crippen LogP contribution >= 0.6 is 15.9 Å². The maximum atomic E-state index is 8.62. The lowest BCUT2D eigenvalue weighted by Gasteiger charge is -2.12. The van der Waals surface area contributed by atoms with E-state index in [0.717, 1.165) is 5.76 Å². The highest BCUT2D eigenvalue weighted by molar-refractivity contribution is 9.10. The second kappa shape index (κ2) is 5.39.